The minimum atomic E-state index is -0.0606. The van der Waals surface area contributed by atoms with E-state index in [0.717, 1.165) is 18.7 Å². The topological polar surface area (TPSA) is 34.9 Å². The number of aryl methyl sites for hydroxylation is 2. The maximum Gasteiger partial charge on any atom is 0.255 e. The van der Waals surface area contributed by atoms with Gasteiger partial charge < -0.3 is 0 Å². The Kier molecular flexibility index (Phi) is 3.38. The van der Waals surface area contributed by atoms with E-state index in [0.29, 0.717) is 17.6 Å². The lowest BCUT2D eigenvalue weighted by molar-refractivity contribution is 0.665. The lowest BCUT2D eigenvalue weighted by Crippen LogP contribution is -2.25. The van der Waals surface area contributed by atoms with Crippen molar-refractivity contribution in [3.05, 3.63) is 62.3 Å². The van der Waals surface area contributed by atoms with Crippen LogP contribution in [0.5, 0.6) is 0 Å². The predicted molar refractivity (Wildman–Crippen MR) is 80.5 cm³/mol. The molecule has 1 saturated carbocycles. The van der Waals surface area contributed by atoms with Gasteiger partial charge in [0, 0.05) is 12.0 Å². The Morgan fingerprint density at radius 1 is 1.30 bits per heavy atom. The number of hydrogen-bond donors (Lipinski definition) is 0. The fourth-order valence-corrected chi connectivity index (χ4v) is 2.74. The van der Waals surface area contributed by atoms with Crippen molar-refractivity contribution >= 4 is 11.6 Å². The lowest BCUT2D eigenvalue weighted by atomic mass is 10.0. The average Bonchev–Trinajstić information content (AvgIpc) is 3.19. The second-order valence-corrected chi connectivity index (χ2v) is 5.89. The molecule has 1 heterocycles. The molecule has 0 radical (unpaired) electrons. The minimum Gasteiger partial charge on any atom is -0.292 e. The molecule has 0 atom stereocenters. The molecule has 4 heteroatoms. The van der Waals surface area contributed by atoms with Gasteiger partial charge in [0.25, 0.3) is 5.56 Å². The highest BCUT2D eigenvalue weighted by Gasteiger charge is 2.29. The van der Waals surface area contributed by atoms with Crippen LogP contribution in [0.2, 0.25) is 5.15 Å². The summed E-state index contributed by atoms with van der Waals surface area (Å²) >= 11 is 5.94. The van der Waals surface area contributed by atoms with Crippen LogP contribution in [0.4, 0.5) is 0 Å². The third-order valence-corrected chi connectivity index (χ3v) is 4.10. The molecule has 2 aromatic rings. The first-order chi connectivity index (χ1) is 9.56. The van der Waals surface area contributed by atoms with Crippen LogP contribution in [0.1, 0.15) is 41.3 Å². The zero-order chi connectivity index (χ0) is 14.3. The minimum absolute atomic E-state index is 0.0606. The number of aromatic nitrogens is 2. The van der Waals surface area contributed by atoms with Gasteiger partial charge in [0.2, 0.25) is 0 Å². The van der Waals surface area contributed by atoms with Crippen LogP contribution in [-0.4, -0.2) is 9.55 Å². The van der Waals surface area contributed by atoms with Crippen molar-refractivity contribution in [3.63, 3.8) is 0 Å². The Balaban J connectivity index is 2.09. The van der Waals surface area contributed by atoms with Crippen molar-refractivity contribution < 1.29 is 0 Å². The summed E-state index contributed by atoms with van der Waals surface area (Å²) in [6.07, 6.45) is 2.19. The van der Waals surface area contributed by atoms with Gasteiger partial charge >= 0.3 is 0 Å². The van der Waals surface area contributed by atoms with Gasteiger partial charge in [-0.25, -0.2) is 4.98 Å². The second kappa shape index (κ2) is 5.06. The maximum atomic E-state index is 12.3. The first kappa shape index (κ1) is 13.4. The molecule has 3 nitrogen and oxygen atoms in total. The molecule has 1 aromatic heterocycles. The van der Waals surface area contributed by atoms with E-state index in [4.69, 9.17) is 11.6 Å². The van der Waals surface area contributed by atoms with Gasteiger partial charge in [-0.2, -0.15) is 0 Å². The fourth-order valence-electron chi connectivity index (χ4n) is 2.56. The van der Waals surface area contributed by atoms with Gasteiger partial charge in [-0.15, -0.1) is 0 Å². The Hall–Kier alpha value is -1.61. The molecular weight excluding hydrogens is 272 g/mol. The molecule has 3 rings (SSSR count). The molecule has 0 saturated heterocycles. The van der Waals surface area contributed by atoms with E-state index in [1.807, 2.05) is 6.07 Å². The Bertz CT molecular complexity index is 697. The van der Waals surface area contributed by atoms with Crippen LogP contribution in [0, 0.1) is 13.8 Å². The number of rotatable bonds is 3. The molecule has 1 aliphatic carbocycles. The third-order valence-electron chi connectivity index (χ3n) is 3.91. The summed E-state index contributed by atoms with van der Waals surface area (Å²) in [5, 5.41) is 0.301. The van der Waals surface area contributed by atoms with E-state index >= 15 is 0 Å². The van der Waals surface area contributed by atoms with Crippen molar-refractivity contribution in [1.82, 2.24) is 9.55 Å². The Morgan fingerprint density at radius 3 is 2.55 bits per heavy atom. The fraction of sp³-hybridized carbons (Fsp3) is 0.375. The molecule has 20 heavy (non-hydrogen) atoms. The molecular formula is C16H17ClN2O. The Labute approximate surface area is 123 Å². The first-order valence-corrected chi connectivity index (χ1v) is 7.26. The summed E-state index contributed by atoms with van der Waals surface area (Å²) in [5.74, 6) is 1.23. The quantitative estimate of drug-likeness (QED) is 0.811. The lowest BCUT2D eigenvalue weighted by Gasteiger charge is -2.15. The van der Waals surface area contributed by atoms with E-state index in [9.17, 15) is 4.79 Å². The zero-order valence-corrected chi connectivity index (χ0v) is 12.4. The van der Waals surface area contributed by atoms with Gasteiger partial charge in [-0.3, -0.25) is 9.36 Å². The van der Waals surface area contributed by atoms with Crippen molar-refractivity contribution in [3.8, 4) is 0 Å². The van der Waals surface area contributed by atoms with E-state index in [1.165, 1.54) is 22.8 Å². The van der Waals surface area contributed by atoms with Gasteiger partial charge in [0.05, 0.1) is 6.54 Å². The zero-order valence-electron chi connectivity index (χ0n) is 11.7. The van der Waals surface area contributed by atoms with Crippen molar-refractivity contribution in [1.29, 1.82) is 0 Å². The number of nitrogens with zero attached hydrogens (tertiary/aromatic N) is 2. The molecule has 0 bridgehead atoms. The summed E-state index contributed by atoms with van der Waals surface area (Å²) in [7, 11) is 0. The Morgan fingerprint density at radius 2 is 1.95 bits per heavy atom. The molecule has 1 fully saturated rings. The van der Waals surface area contributed by atoms with Crippen LogP contribution in [0.25, 0.3) is 0 Å². The molecule has 0 amide bonds. The SMILES string of the molecule is Cc1cccc(C)c1Cn1c(C2CC2)nc(Cl)cc1=O. The summed E-state index contributed by atoms with van der Waals surface area (Å²) in [6, 6.07) is 7.60. The molecule has 1 aliphatic rings. The second-order valence-electron chi connectivity index (χ2n) is 5.51. The monoisotopic (exact) mass is 288 g/mol. The number of halogens is 1. The maximum absolute atomic E-state index is 12.3. The van der Waals surface area contributed by atoms with E-state index in [1.54, 1.807) is 4.57 Å². The molecule has 1 aromatic carbocycles. The van der Waals surface area contributed by atoms with Crippen LogP contribution in [0.15, 0.2) is 29.1 Å². The molecule has 0 N–H and O–H groups in total. The molecule has 0 aliphatic heterocycles. The van der Waals surface area contributed by atoms with Crippen LogP contribution in [-0.2, 0) is 6.54 Å². The van der Waals surface area contributed by atoms with E-state index < -0.39 is 0 Å². The summed E-state index contributed by atoms with van der Waals surface area (Å²) in [6.45, 7) is 4.73. The van der Waals surface area contributed by atoms with E-state index in [-0.39, 0.29) is 5.56 Å². The van der Waals surface area contributed by atoms with E-state index in [2.05, 4.69) is 31.0 Å². The highest BCUT2D eigenvalue weighted by Crippen LogP contribution is 2.39. The highest BCUT2D eigenvalue weighted by molar-refractivity contribution is 6.29. The normalized spacial score (nSPS) is 14.6. The average molecular weight is 289 g/mol. The van der Waals surface area contributed by atoms with Gasteiger partial charge in [0.1, 0.15) is 11.0 Å². The molecule has 0 spiro atoms. The molecule has 0 unspecified atom stereocenters. The summed E-state index contributed by atoms with van der Waals surface area (Å²) in [4.78, 5) is 16.6. The smallest absolute Gasteiger partial charge is 0.255 e. The van der Waals surface area contributed by atoms with Crippen molar-refractivity contribution in [2.75, 3.05) is 0 Å². The predicted octanol–water partition coefficient (Wildman–Crippen LogP) is 3.44. The summed E-state index contributed by atoms with van der Waals surface area (Å²) in [5.41, 5.74) is 3.54. The van der Waals surface area contributed by atoms with Crippen LogP contribution < -0.4 is 5.56 Å². The van der Waals surface area contributed by atoms with Crippen molar-refractivity contribution in [2.45, 2.75) is 39.2 Å². The standard InChI is InChI=1S/C16H17ClN2O/c1-10-4-3-5-11(2)13(10)9-19-15(20)8-14(17)18-16(19)12-6-7-12/h3-5,8,12H,6-7,9H2,1-2H3. The largest absolute Gasteiger partial charge is 0.292 e. The van der Waals surface area contributed by atoms with Crippen molar-refractivity contribution in [2.24, 2.45) is 0 Å². The number of hydrogen-bond acceptors (Lipinski definition) is 2. The highest BCUT2D eigenvalue weighted by atomic mass is 35.5. The first-order valence-electron chi connectivity index (χ1n) is 6.88. The van der Waals surface area contributed by atoms with Crippen LogP contribution >= 0.6 is 11.6 Å². The van der Waals surface area contributed by atoms with Gasteiger partial charge in [-0.05, 0) is 43.4 Å². The number of benzene rings is 1. The van der Waals surface area contributed by atoms with Crippen LogP contribution in [0.3, 0.4) is 0 Å². The summed E-state index contributed by atoms with van der Waals surface area (Å²) < 4.78 is 1.78. The third kappa shape index (κ3) is 2.50. The molecule has 104 valence electrons. The van der Waals surface area contributed by atoms with Gasteiger partial charge in [-0.1, -0.05) is 29.8 Å². The van der Waals surface area contributed by atoms with Gasteiger partial charge in [0.15, 0.2) is 0 Å².